The van der Waals surface area contributed by atoms with Gasteiger partial charge in [0.05, 0.1) is 7.11 Å². The van der Waals surface area contributed by atoms with Crippen molar-refractivity contribution in [2.75, 3.05) is 13.7 Å². The molecule has 0 aliphatic rings. The summed E-state index contributed by atoms with van der Waals surface area (Å²) < 4.78 is 4.56. The van der Waals surface area contributed by atoms with E-state index in [4.69, 9.17) is 11.8 Å². The van der Waals surface area contributed by atoms with E-state index in [9.17, 15) is 4.79 Å². The maximum atomic E-state index is 10.9. The Hall–Kier alpha value is -0.280. The smallest absolute Gasteiger partial charge is 0.305 e. The first-order valence-corrected chi connectivity index (χ1v) is 4.52. The SMILES string of the molecule is CCCC(CNCl)CC(=O)OC. The van der Waals surface area contributed by atoms with Gasteiger partial charge in [0.15, 0.2) is 0 Å². The number of ether oxygens (including phenoxy) is 1. The predicted octanol–water partition coefficient (Wildman–Crippen LogP) is 1.71. The van der Waals surface area contributed by atoms with Crippen LogP contribution in [-0.2, 0) is 9.53 Å². The molecule has 0 saturated carbocycles. The lowest BCUT2D eigenvalue weighted by atomic mass is 10.0. The number of esters is 1. The molecule has 0 aromatic rings. The average Bonchev–Trinajstić information content (AvgIpc) is 2.05. The Labute approximate surface area is 78.5 Å². The first kappa shape index (κ1) is 11.7. The summed E-state index contributed by atoms with van der Waals surface area (Å²) in [5.41, 5.74) is 0. The fourth-order valence-corrected chi connectivity index (χ4v) is 1.33. The van der Waals surface area contributed by atoms with E-state index in [1.54, 1.807) is 0 Å². The van der Waals surface area contributed by atoms with E-state index < -0.39 is 0 Å². The quantitative estimate of drug-likeness (QED) is 0.516. The first-order valence-electron chi connectivity index (χ1n) is 4.14. The molecule has 0 saturated heterocycles. The summed E-state index contributed by atoms with van der Waals surface area (Å²) in [6.07, 6.45) is 2.50. The van der Waals surface area contributed by atoms with Gasteiger partial charge in [-0.25, -0.2) is 4.84 Å². The van der Waals surface area contributed by atoms with Crippen molar-refractivity contribution in [3.8, 4) is 0 Å². The molecule has 0 aliphatic heterocycles. The third kappa shape index (κ3) is 5.38. The van der Waals surface area contributed by atoms with E-state index in [0.717, 1.165) is 12.8 Å². The number of hydrogen-bond acceptors (Lipinski definition) is 3. The van der Waals surface area contributed by atoms with E-state index in [0.29, 0.717) is 18.9 Å². The Kier molecular flexibility index (Phi) is 7.20. The van der Waals surface area contributed by atoms with Crippen LogP contribution in [0.5, 0.6) is 0 Å². The van der Waals surface area contributed by atoms with Crippen molar-refractivity contribution in [3.05, 3.63) is 0 Å². The van der Waals surface area contributed by atoms with E-state index in [-0.39, 0.29) is 5.97 Å². The molecule has 0 aliphatic carbocycles. The van der Waals surface area contributed by atoms with E-state index in [2.05, 4.69) is 16.5 Å². The molecule has 0 heterocycles. The molecular formula is C8H16ClNO2. The third-order valence-corrected chi connectivity index (χ3v) is 1.90. The number of nitrogens with one attached hydrogen (secondary N) is 1. The fraction of sp³-hybridized carbons (Fsp3) is 0.875. The van der Waals surface area contributed by atoms with Gasteiger partial charge in [-0.15, -0.1) is 0 Å². The van der Waals surface area contributed by atoms with Gasteiger partial charge in [-0.3, -0.25) is 4.79 Å². The van der Waals surface area contributed by atoms with Crippen molar-refractivity contribution in [2.45, 2.75) is 26.2 Å². The molecule has 1 unspecified atom stereocenters. The Balaban J connectivity index is 3.68. The molecule has 0 radical (unpaired) electrons. The van der Waals surface area contributed by atoms with Gasteiger partial charge in [-0.05, 0) is 24.1 Å². The van der Waals surface area contributed by atoms with Crippen LogP contribution in [0.15, 0.2) is 0 Å². The van der Waals surface area contributed by atoms with Crippen LogP contribution in [0, 0.1) is 5.92 Å². The van der Waals surface area contributed by atoms with Crippen molar-refractivity contribution in [1.82, 2.24) is 4.84 Å². The molecular weight excluding hydrogens is 178 g/mol. The van der Waals surface area contributed by atoms with Gasteiger partial charge < -0.3 is 4.74 Å². The lowest BCUT2D eigenvalue weighted by molar-refractivity contribution is -0.141. The van der Waals surface area contributed by atoms with Crippen LogP contribution in [0.25, 0.3) is 0 Å². The third-order valence-electron chi connectivity index (χ3n) is 1.75. The number of carbonyl (C=O) groups excluding carboxylic acids is 1. The molecule has 0 amide bonds. The summed E-state index contributed by atoms with van der Waals surface area (Å²) in [5.74, 6) is 0.125. The van der Waals surface area contributed by atoms with E-state index in [1.807, 2.05) is 0 Å². The van der Waals surface area contributed by atoms with Gasteiger partial charge in [0.2, 0.25) is 0 Å². The van der Waals surface area contributed by atoms with Crippen LogP contribution in [0.3, 0.4) is 0 Å². The average molecular weight is 194 g/mol. The molecule has 0 spiro atoms. The number of rotatable bonds is 6. The Morgan fingerprint density at radius 3 is 2.75 bits per heavy atom. The molecule has 0 aromatic heterocycles. The second-order valence-electron chi connectivity index (χ2n) is 2.77. The lowest BCUT2D eigenvalue weighted by Crippen LogP contribution is -2.19. The van der Waals surface area contributed by atoms with Crippen molar-refractivity contribution in [2.24, 2.45) is 5.92 Å². The van der Waals surface area contributed by atoms with Crippen molar-refractivity contribution >= 4 is 17.7 Å². The van der Waals surface area contributed by atoms with Gasteiger partial charge in [0.1, 0.15) is 0 Å². The summed E-state index contributed by atoms with van der Waals surface area (Å²) in [6, 6.07) is 0. The Bertz CT molecular complexity index is 124. The van der Waals surface area contributed by atoms with Crippen LogP contribution >= 0.6 is 11.8 Å². The summed E-state index contributed by atoms with van der Waals surface area (Å²) in [5, 5.41) is 0. The van der Waals surface area contributed by atoms with Crippen LogP contribution in [0.1, 0.15) is 26.2 Å². The molecule has 4 heteroatoms. The standard InChI is InChI=1S/C8H16ClNO2/c1-3-4-7(6-10-9)5-8(11)12-2/h7,10H,3-6H2,1-2H3. The highest BCUT2D eigenvalue weighted by molar-refractivity contribution is 6.13. The minimum Gasteiger partial charge on any atom is -0.469 e. The highest BCUT2D eigenvalue weighted by atomic mass is 35.5. The monoisotopic (exact) mass is 193 g/mol. The number of hydrogen-bond donors (Lipinski definition) is 1. The van der Waals surface area contributed by atoms with Crippen LogP contribution in [0.2, 0.25) is 0 Å². The molecule has 12 heavy (non-hydrogen) atoms. The van der Waals surface area contributed by atoms with E-state index >= 15 is 0 Å². The lowest BCUT2D eigenvalue weighted by Gasteiger charge is -2.12. The summed E-state index contributed by atoms with van der Waals surface area (Å²) in [6.45, 7) is 2.74. The second-order valence-corrected chi connectivity index (χ2v) is 3.04. The Morgan fingerprint density at radius 1 is 1.67 bits per heavy atom. The molecule has 1 atom stereocenters. The summed E-state index contributed by atoms with van der Waals surface area (Å²) >= 11 is 5.36. The largest absolute Gasteiger partial charge is 0.469 e. The minimum atomic E-state index is -0.166. The summed E-state index contributed by atoms with van der Waals surface area (Å²) in [7, 11) is 1.40. The molecule has 0 bridgehead atoms. The minimum absolute atomic E-state index is 0.166. The number of halogens is 1. The zero-order chi connectivity index (χ0) is 9.40. The molecule has 72 valence electrons. The van der Waals surface area contributed by atoms with Crippen molar-refractivity contribution in [1.29, 1.82) is 0 Å². The van der Waals surface area contributed by atoms with Crippen molar-refractivity contribution < 1.29 is 9.53 Å². The van der Waals surface area contributed by atoms with Gasteiger partial charge in [0, 0.05) is 13.0 Å². The number of methoxy groups -OCH3 is 1. The molecule has 0 aromatic carbocycles. The zero-order valence-corrected chi connectivity index (χ0v) is 8.36. The Morgan fingerprint density at radius 2 is 2.33 bits per heavy atom. The normalized spacial score (nSPS) is 12.6. The first-order chi connectivity index (χ1) is 5.74. The number of carbonyl (C=O) groups is 1. The second kappa shape index (κ2) is 7.37. The summed E-state index contributed by atoms with van der Waals surface area (Å²) in [4.78, 5) is 13.4. The van der Waals surface area contributed by atoms with Crippen LogP contribution in [-0.4, -0.2) is 19.6 Å². The van der Waals surface area contributed by atoms with Gasteiger partial charge in [-0.2, -0.15) is 0 Å². The highest BCUT2D eigenvalue weighted by Gasteiger charge is 2.12. The topological polar surface area (TPSA) is 38.3 Å². The molecule has 0 rings (SSSR count). The van der Waals surface area contributed by atoms with Gasteiger partial charge in [0.25, 0.3) is 0 Å². The fourth-order valence-electron chi connectivity index (χ4n) is 1.11. The van der Waals surface area contributed by atoms with Crippen LogP contribution in [0.4, 0.5) is 0 Å². The van der Waals surface area contributed by atoms with Gasteiger partial charge >= 0.3 is 5.97 Å². The molecule has 0 fully saturated rings. The molecule has 1 N–H and O–H groups in total. The zero-order valence-electron chi connectivity index (χ0n) is 7.60. The van der Waals surface area contributed by atoms with Crippen molar-refractivity contribution in [3.63, 3.8) is 0 Å². The maximum absolute atomic E-state index is 10.9. The highest BCUT2D eigenvalue weighted by Crippen LogP contribution is 2.10. The van der Waals surface area contributed by atoms with Gasteiger partial charge in [-0.1, -0.05) is 13.3 Å². The molecule has 3 nitrogen and oxygen atoms in total. The van der Waals surface area contributed by atoms with Crippen LogP contribution < -0.4 is 4.84 Å². The van der Waals surface area contributed by atoms with E-state index in [1.165, 1.54) is 7.11 Å². The predicted molar refractivity (Wildman–Crippen MR) is 48.9 cm³/mol. The maximum Gasteiger partial charge on any atom is 0.305 e.